The van der Waals surface area contributed by atoms with Gasteiger partial charge in [-0.15, -0.1) is 0 Å². The molecule has 3 nitrogen and oxygen atoms in total. The number of benzene rings is 2. The number of methoxy groups -OCH3 is 1. The molecule has 0 radical (unpaired) electrons. The molecule has 2 aromatic carbocycles. The smallest absolute Gasteiger partial charge is 0.127 e. The summed E-state index contributed by atoms with van der Waals surface area (Å²) in [5.41, 5.74) is 2.50. The van der Waals surface area contributed by atoms with Gasteiger partial charge in [0.15, 0.2) is 0 Å². The lowest BCUT2D eigenvalue weighted by Gasteiger charge is -2.08. The summed E-state index contributed by atoms with van der Waals surface area (Å²) in [5, 5.41) is 3.13. The first-order valence-corrected chi connectivity index (χ1v) is 6.81. The highest BCUT2D eigenvalue weighted by molar-refractivity contribution is 5.34. The van der Waals surface area contributed by atoms with Crippen LogP contribution in [-0.4, -0.2) is 20.8 Å². The summed E-state index contributed by atoms with van der Waals surface area (Å²) in [6.07, 6.45) is 0.926. The molecular weight excluding hydrogens is 250 g/mol. The van der Waals surface area contributed by atoms with Crippen LogP contribution in [0.3, 0.4) is 0 Å². The number of ether oxygens (including phenoxy) is 2. The molecule has 0 saturated carbocycles. The SMILES string of the molecule is CNCc1ccc(Oc2ccc(CCOC)cc2)cc1. The normalized spacial score (nSPS) is 10.5. The van der Waals surface area contributed by atoms with Crippen molar-refractivity contribution in [1.29, 1.82) is 0 Å². The molecule has 106 valence electrons. The van der Waals surface area contributed by atoms with Gasteiger partial charge in [-0.25, -0.2) is 0 Å². The van der Waals surface area contributed by atoms with Gasteiger partial charge in [0, 0.05) is 13.7 Å². The van der Waals surface area contributed by atoms with E-state index in [1.165, 1.54) is 11.1 Å². The Labute approximate surface area is 120 Å². The summed E-state index contributed by atoms with van der Waals surface area (Å²) in [5.74, 6) is 1.71. The van der Waals surface area contributed by atoms with Crippen molar-refractivity contribution in [2.45, 2.75) is 13.0 Å². The Bertz CT molecular complexity index is 506. The average Bonchev–Trinajstić information content (AvgIpc) is 2.49. The molecule has 0 bridgehead atoms. The summed E-state index contributed by atoms with van der Waals surface area (Å²) < 4.78 is 10.9. The van der Waals surface area contributed by atoms with Crippen molar-refractivity contribution in [2.24, 2.45) is 0 Å². The third kappa shape index (κ3) is 4.37. The van der Waals surface area contributed by atoms with Crippen molar-refractivity contribution in [2.75, 3.05) is 20.8 Å². The maximum Gasteiger partial charge on any atom is 0.127 e. The number of hydrogen-bond acceptors (Lipinski definition) is 3. The van der Waals surface area contributed by atoms with Crippen molar-refractivity contribution < 1.29 is 9.47 Å². The second-order valence-electron chi connectivity index (χ2n) is 4.66. The lowest BCUT2D eigenvalue weighted by Crippen LogP contribution is -2.04. The maximum atomic E-state index is 5.82. The second-order valence-corrected chi connectivity index (χ2v) is 4.66. The van der Waals surface area contributed by atoms with Crippen molar-refractivity contribution in [1.82, 2.24) is 5.32 Å². The molecule has 0 aromatic heterocycles. The summed E-state index contributed by atoms with van der Waals surface area (Å²) in [7, 11) is 3.66. The van der Waals surface area contributed by atoms with Crippen molar-refractivity contribution >= 4 is 0 Å². The topological polar surface area (TPSA) is 30.5 Å². The van der Waals surface area contributed by atoms with E-state index < -0.39 is 0 Å². The van der Waals surface area contributed by atoms with E-state index in [1.807, 2.05) is 31.3 Å². The average molecular weight is 271 g/mol. The predicted molar refractivity (Wildman–Crippen MR) is 81.3 cm³/mol. The Kier molecular flexibility index (Phi) is 5.59. The summed E-state index contributed by atoms with van der Waals surface area (Å²) in [6, 6.07) is 16.3. The number of nitrogens with one attached hydrogen (secondary N) is 1. The molecule has 2 aromatic rings. The van der Waals surface area contributed by atoms with E-state index in [0.29, 0.717) is 0 Å². The molecule has 20 heavy (non-hydrogen) atoms. The summed E-state index contributed by atoms with van der Waals surface area (Å²) in [6.45, 7) is 1.61. The van der Waals surface area contributed by atoms with Gasteiger partial charge in [-0.1, -0.05) is 24.3 Å². The summed E-state index contributed by atoms with van der Waals surface area (Å²) in [4.78, 5) is 0. The van der Waals surface area contributed by atoms with Crippen LogP contribution in [-0.2, 0) is 17.7 Å². The minimum Gasteiger partial charge on any atom is -0.457 e. The van der Waals surface area contributed by atoms with Gasteiger partial charge < -0.3 is 14.8 Å². The molecule has 0 saturated heterocycles. The standard InChI is InChI=1S/C17H21NO2/c1-18-13-15-5-9-17(10-6-15)20-16-7-3-14(4-8-16)11-12-19-2/h3-10,18H,11-13H2,1-2H3. The second kappa shape index (κ2) is 7.68. The zero-order valence-corrected chi connectivity index (χ0v) is 12.1. The van der Waals surface area contributed by atoms with E-state index in [2.05, 4.69) is 29.6 Å². The van der Waals surface area contributed by atoms with Gasteiger partial charge in [0.2, 0.25) is 0 Å². The minimum atomic E-state index is 0.743. The van der Waals surface area contributed by atoms with Crippen LogP contribution in [0.1, 0.15) is 11.1 Å². The van der Waals surface area contributed by atoms with E-state index >= 15 is 0 Å². The van der Waals surface area contributed by atoms with Crippen molar-refractivity contribution in [3.8, 4) is 11.5 Å². The fourth-order valence-electron chi connectivity index (χ4n) is 1.96. The van der Waals surface area contributed by atoms with Gasteiger partial charge in [-0.05, 0) is 48.9 Å². The van der Waals surface area contributed by atoms with Gasteiger partial charge in [0.1, 0.15) is 11.5 Å². The first kappa shape index (κ1) is 14.6. The zero-order valence-electron chi connectivity index (χ0n) is 12.1. The van der Waals surface area contributed by atoms with Gasteiger partial charge in [-0.2, -0.15) is 0 Å². The first-order valence-electron chi connectivity index (χ1n) is 6.81. The quantitative estimate of drug-likeness (QED) is 0.837. The molecule has 0 aliphatic heterocycles. The Hall–Kier alpha value is -1.84. The molecule has 0 unspecified atom stereocenters. The van der Waals surface area contributed by atoms with E-state index in [4.69, 9.17) is 9.47 Å². The van der Waals surface area contributed by atoms with Crippen LogP contribution < -0.4 is 10.1 Å². The molecule has 0 heterocycles. The third-order valence-electron chi connectivity index (χ3n) is 3.06. The maximum absolute atomic E-state index is 5.82. The fourth-order valence-corrected chi connectivity index (χ4v) is 1.96. The van der Waals surface area contributed by atoms with E-state index in [1.54, 1.807) is 7.11 Å². The molecule has 2 rings (SSSR count). The van der Waals surface area contributed by atoms with Gasteiger partial charge in [0.05, 0.1) is 6.61 Å². The zero-order chi connectivity index (χ0) is 14.2. The molecule has 1 N–H and O–H groups in total. The van der Waals surface area contributed by atoms with E-state index in [9.17, 15) is 0 Å². The van der Waals surface area contributed by atoms with Crippen LogP contribution in [0.4, 0.5) is 0 Å². The lowest BCUT2D eigenvalue weighted by atomic mass is 10.1. The van der Waals surface area contributed by atoms with Crippen LogP contribution in [0.15, 0.2) is 48.5 Å². The number of rotatable bonds is 7. The Morgan fingerprint density at radius 3 is 1.90 bits per heavy atom. The van der Waals surface area contributed by atoms with Gasteiger partial charge in [0.25, 0.3) is 0 Å². The van der Waals surface area contributed by atoms with Crippen molar-refractivity contribution in [3.05, 3.63) is 59.7 Å². The van der Waals surface area contributed by atoms with Crippen molar-refractivity contribution in [3.63, 3.8) is 0 Å². The summed E-state index contributed by atoms with van der Waals surface area (Å²) >= 11 is 0. The van der Waals surface area contributed by atoms with Crippen LogP contribution in [0, 0.1) is 0 Å². The highest BCUT2D eigenvalue weighted by Gasteiger charge is 1.99. The molecule has 0 fully saturated rings. The molecule has 3 heteroatoms. The minimum absolute atomic E-state index is 0.743. The van der Waals surface area contributed by atoms with Gasteiger partial charge >= 0.3 is 0 Å². The highest BCUT2D eigenvalue weighted by atomic mass is 16.5. The third-order valence-corrected chi connectivity index (χ3v) is 3.06. The fraction of sp³-hybridized carbons (Fsp3) is 0.294. The molecular formula is C17H21NO2. The van der Waals surface area contributed by atoms with Gasteiger partial charge in [-0.3, -0.25) is 0 Å². The predicted octanol–water partition coefficient (Wildman–Crippen LogP) is 3.39. The first-order chi connectivity index (χ1) is 9.81. The Morgan fingerprint density at radius 2 is 1.40 bits per heavy atom. The molecule has 0 spiro atoms. The lowest BCUT2D eigenvalue weighted by molar-refractivity contribution is 0.202. The Balaban J connectivity index is 1.95. The number of hydrogen-bond donors (Lipinski definition) is 1. The largest absolute Gasteiger partial charge is 0.457 e. The van der Waals surface area contributed by atoms with Crippen LogP contribution in [0.5, 0.6) is 11.5 Å². The van der Waals surface area contributed by atoms with Crippen LogP contribution >= 0.6 is 0 Å². The van der Waals surface area contributed by atoms with Crippen LogP contribution in [0.25, 0.3) is 0 Å². The monoisotopic (exact) mass is 271 g/mol. The molecule has 0 aliphatic carbocycles. The molecule has 0 atom stereocenters. The van der Waals surface area contributed by atoms with Crippen LogP contribution in [0.2, 0.25) is 0 Å². The molecule has 0 amide bonds. The van der Waals surface area contributed by atoms with E-state index in [-0.39, 0.29) is 0 Å². The highest BCUT2D eigenvalue weighted by Crippen LogP contribution is 2.22. The molecule has 0 aliphatic rings. The Morgan fingerprint density at radius 1 is 0.850 bits per heavy atom. The van der Waals surface area contributed by atoms with E-state index in [0.717, 1.165) is 31.1 Å².